The third-order valence-electron chi connectivity index (χ3n) is 4.11. The van der Waals surface area contributed by atoms with Crippen LogP contribution < -0.4 is 5.32 Å². The Morgan fingerprint density at radius 1 is 1.32 bits per heavy atom. The lowest BCUT2D eigenvalue weighted by Gasteiger charge is -2.23. The largest absolute Gasteiger partial charge is 0.346 e. The lowest BCUT2D eigenvalue weighted by Crippen LogP contribution is -2.38. The van der Waals surface area contributed by atoms with Gasteiger partial charge in [-0.2, -0.15) is 10.2 Å². The number of urea groups is 1. The van der Waals surface area contributed by atoms with E-state index >= 15 is 0 Å². The van der Waals surface area contributed by atoms with Gasteiger partial charge in [-0.15, -0.1) is 0 Å². The van der Waals surface area contributed by atoms with Crippen molar-refractivity contribution < 1.29 is 9.59 Å². The molecule has 0 fully saturated rings. The number of carbonyl (C=O) groups excluding carboxylic acids is 2. The first-order valence-electron chi connectivity index (χ1n) is 8.22. The number of aromatic nitrogens is 4. The Bertz CT molecular complexity index is 777. The summed E-state index contributed by atoms with van der Waals surface area (Å²) in [6, 6.07) is 1.95. The first-order chi connectivity index (χ1) is 11.9. The van der Waals surface area contributed by atoms with Gasteiger partial charge in [0.1, 0.15) is 0 Å². The Hall–Kier alpha value is -2.84. The molecule has 1 aliphatic heterocycles. The van der Waals surface area contributed by atoms with Crippen LogP contribution in [0.3, 0.4) is 0 Å². The highest BCUT2D eigenvalue weighted by molar-refractivity contribution is 5.93. The molecule has 25 heavy (non-hydrogen) atoms. The molecule has 3 amide bonds. The van der Waals surface area contributed by atoms with Crippen molar-refractivity contribution in [3.05, 3.63) is 35.4 Å². The SMILES string of the molecule is CN(C)C(=O)N1CCCn2nc(CNC(=O)c3cnn(C)c3)cc2C1. The summed E-state index contributed by atoms with van der Waals surface area (Å²) in [5.41, 5.74) is 2.29. The maximum atomic E-state index is 12.2. The van der Waals surface area contributed by atoms with Crippen molar-refractivity contribution >= 4 is 11.9 Å². The van der Waals surface area contributed by atoms with Crippen LogP contribution in [0.2, 0.25) is 0 Å². The molecule has 0 saturated carbocycles. The van der Waals surface area contributed by atoms with E-state index in [1.807, 2.05) is 15.6 Å². The fourth-order valence-corrected chi connectivity index (χ4v) is 2.87. The van der Waals surface area contributed by atoms with Gasteiger partial charge in [0, 0.05) is 40.4 Å². The van der Waals surface area contributed by atoms with Gasteiger partial charge in [0.2, 0.25) is 0 Å². The van der Waals surface area contributed by atoms with Gasteiger partial charge in [0.25, 0.3) is 5.91 Å². The summed E-state index contributed by atoms with van der Waals surface area (Å²) in [4.78, 5) is 27.7. The van der Waals surface area contributed by atoms with E-state index in [2.05, 4.69) is 15.5 Å². The van der Waals surface area contributed by atoms with Crippen molar-refractivity contribution in [1.29, 1.82) is 0 Å². The minimum absolute atomic E-state index is 0.00100. The molecular formula is C16H23N7O2. The fourth-order valence-electron chi connectivity index (χ4n) is 2.87. The summed E-state index contributed by atoms with van der Waals surface area (Å²) in [6.07, 6.45) is 4.06. The number of rotatable bonds is 3. The summed E-state index contributed by atoms with van der Waals surface area (Å²) in [5.74, 6) is -0.180. The van der Waals surface area contributed by atoms with E-state index in [4.69, 9.17) is 0 Å². The van der Waals surface area contributed by atoms with Gasteiger partial charge < -0.3 is 15.1 Å². The van der Waals surface area contributed by atoms with Crippen molar-refractivity contribution in [2.45, 2.75) is 26.1 Å². The minimum Gasteiger partial charge on any atom is -0.346 e. The number of hydrogen-bond donors (Lipinski definition) is 1. The summed E-state index contributed by atoms with van der Waals surface area (Å²) in [7, 11) is 5.28. The molecule has 0 spiro atoms. The topological polar surface area (TPSA) is 88.3 Å². The molecule has 3 rings (SSSR count). The van der Waals surface area contributed by atoms with E-state index in [0.717, 1.165) is 24.4 Å². The molecule has 1 N–H and O–H groups in total. The Balaban J connectivity index is 1.65. The zero-order valence-corrected chi connectivity index (χ0v) is 14.8. The summed E-state index contributed by atoms with van der Waals surface area (Å²) < 4.78 is 3.51. The highest BCUT2D eigenvalue weighted by Crippen LogP contribution is 2.15. The molecule has 9 heteroatoms. The Morgan fingerprint density at radius 3 is 2.80 bits per heavy atom. The van der Waals surface area contributed by atoms with E-state index in [-0.39, 0.29) is 11.9 Å². The van der Waals surface area contributed by atoms with Crippen LogP contribution in [-0.2, 0) is 26.7 Å². The van der Waals surface area contributed by atoms with Crippen LogP contribution in [0, 0.1) is 0 Å². The Kier molecular flexibility index (Phi) is 4.73. The van der Waals surface area contributed by atoms with Gasteiger partial charge in [-0.05, 0) is 12.5 Å². The Labute approximate surface area is 146 Å². The maximum absolute atomic E-state index is 12.2. The number of aryl methyl sites for hydroxylation is 2. The molecule has 2 aromatic heterocycles. The molecule has 0 unspecified atom stereocenters. The van der Waals surface area contributed by atoms with Crippen LogP contribution in [0.1, 0.15) is 28.2 Å². The fraction of sp³-hybridized carbons (Fsp3) is 0.500. The van der Waals surface area contributed by atoms with Crippen molar-refractivity contribution in [3.63, 3.8) is 0 Å². The number of carbonyl (C=O) groups is 2. The van der Waals surface area contributed by atoms with Gasteiger partial charge >= 0.3 is 6.03 Å². The molecule has 0 saturated heterocycles. The van der Waals surface area contributed by atoms with E-state index in [1.54, 1.807) is 36.9 Å². The molecule has 0 radical (unpaired) electrons. The van der Waals surface area contributed by atoms with Crippen LogP contribution in [-0.4, -0.2) is 61.9 Å². The average Bonchev–Trinajstić information content (AvgIpc) is 3.12. The van der Waals surface area contributed by atoms with Gasteiger partial charge in [-0.1, -0.05) is 0 Å². The van der Waals surface area contributed by atoms with Gasteiger partial charge in [-0.25, -0.2) is 4.79 Å². The molecule has 2 aromatic rings. The Morgan fingerprint density at radius 2 is 2.12 bits per heavy atom. The van der Waals surface area contributed by atoms with E-state index in [1.165, 1.54) is 6.20 Å². The molecule has 1 aliphatic rings. The van der Waals surface area contributed by atoms with Crippen molar-refractivity contribution in [2.75, 3.05) is 20.6 Å². The molecule has 3 heterocycles. The lowest BCUT2D eigenvalue weighted by atomic mass is 10.3. The second-order valence-corrected chi connectivity index (χ2v) is 6.39. The maximum Gasteiger partial charge on any atom is 0.319 e. The number of nitrogens with zero attached hydrogens (tertiary/aromatic N) is 6. The van der Waals surface area contributed by atoms with Crippen LogP contribution in [0.25, 0.3) is 0 Å². The van der Waals surface area contributed by atoms with E-state index in [9.17, 15) is 9.59 Å². The quantitative estimate of drug-likeness (QED) is 0.874. The highest BCUT2D eigenvalue weighted by Gasteiger charge is 2.21. The first kappa shape index (κ1) is 17.0. The first-order valence-corrected chi connectivity index (χ1v) is 8.22. The van der Waals surface area contributed by atoms with Gasteiger partial charge in [0.15, 0.2) is 0 Å². The second kappa shape index (κ2) is 6.96. The van der Waals surface area contributed by atoms with E-state index in [0.29, 0.717) is 25.2 Å². The molecule has 0 aromatic carbocycles. The zero-order chi connectivity index (χ0) is 18.0. The van der Waals surface area contributed by atoms with Crippen molar-refractivity contribution in [2.24, 2.45) is 7.05 Å². The molecular weight excluding hydrogens is 322 g/mol. The minimum atomic E-state index is -0.180. The normalized spacial score (nSPS) is 14.0. The highest BCUT2D eigenvalue weighted by atomic mass is 16.2. The third-order valence-corrected chi connectivity index (χ3v) is 4.11. The number of fused-ring (bicyclic) bond motifs is 1. The molecule has 0 aliphatic carbocycles. The van der Waals surface area contributed by atoms with Crippen LogP contribution in [0.15, 0.2) is 18.5 Å². The lowest BCUT2D eigenvalue weighted by molar-refractivity contribution is 0.0950. The smallest absolute Gasteiger partial charge is 0.319 e. The monoisotopic (exact) mass is 345 g/mol. The summed E-state index contributed by atoms with van der Waals surface area (Å²) >= 11 is 0. The average molecular weight is 345 g/mol. The molecule has 9 nitrogen and oxygen atoms in total. The van der Waals surface area contributed by atoms with Gasteiger partial charge in [-0.3, -0.25) is 14.2 Å². The van der Waals surface area contributed by atoms with Crippen LogP contribution in [0.5, 0.6) is 0 Å². The standard InChI is InChI=1S/C16H23N7O2/c1-20(2)16(25)22-5-4-6-23-14(11-22)7-13(19-23)9-17-15(24)12-8-18-21(3)10-12/h7-8,10H,4-6,9,11H2,1-3H3,(H,17,24). The molecule has 134 valence electrons. The number of hydrogen-bond acceptors (Lipinski definition) is 4. The number of nitrogens with one attached hydrogen (secondary N) is 1. The summed E-state index contributed by atoms with van der Waals surface area (Å²) in [5, 5.41) is 11.4. The van der Waals surface area contributed by atoms with E-state index < -0.39 is 0 Å². The molecule has 0 bridgehead atoms. The predicted octanol–water partition coefficient (Wildman–Crippen LogP) is 0.434. The van der Waals surface area contributed by atoms with Crippen LogP contribution in [0.4, 0.5) is 4.79 Å². The summed E-state index contributed by atoms with van der Waals surface area (Å²) in [6.45, 7) is 2.35. The van der Waals surface area contributed by atoms with Crippen molar-refractivity contribution in [3.8, 4) is 0 Å². The predicted molar refractivity (Wildman–Crippen MR) is 90.7 cm³/mol. The van der Waals surface area contributed by atoms with Crippen LogP contribution >= 0.6 is 0 Å². The van der Waals surface area contributed by atoms with Gasteiger partial charge in [0.05, 0.1) is 36.2 Å². The zero-order valence-electron chi connectivity index (χ0n) is 14.8. The third kappa shape index (κ3) is 3.81. The van der Waals surface area contributed by atoms with Crippen molar-refractivity contribution in [1.82, 2.24) is 34.7 Å². The number of amides is 3. The molecule has 0 atom stereocenters. The second-order valence-electron chi connectivity index (χ2n) is 6.39.